The molecule has 0 saturated carbocycles. The van der Waals surface area contributed by atoms with Gasteiger partial charge >= 0.3 is 5.97 Å². The Hall–Kier alpha value is -1.95. The van der Waals surface area contributed by atoms with Gasteiger partial charge in [-0.3, -0.25) is 9.59 Å². The number of carboxylic acids is 1. The molecule has 1 amide bonds. The second kappa shape index (κ2) is 6.67. The molecule has 0 radical (unpaired) electrons. The summed E-state index contributed by atoms with van der Waals surface area (Å²) in [5.74, 6) is -1.14. The summed E-state index contributed by atoms with van der Waals surface area (Å²) in [6, 6.07) is 7.39. The Morgan fingerprint density at radius 2 is 2.10 bits per heavy atom. The number of thioether (sulfide) groups is 1. The van der Waals surface area contributed by atoms with Crippen molar-refractivity contribution in [2.75, 3.05) is 6.26 Å². The number of carboxylic acid groups (broad SMARTS) is 1. The molecule has 0 aliphatic rings. The zero-order valence-electron chi connectivity index (χ0n) is 11.9. The van der Waals surface area contributed by atoms with E-state index in [1.807, 2.05) is 30.5 Å². The van der Waals surface area contributed by atoms with Gasteiger partial charge in [0, 0.05) is 24.0 Å². The summed E-state index contributed by atoms with van der Waals surface area (Å²) >= 11 is 1.23. The first-order valence-corrected chi connectivity index (χ1v) is 7.89. The van der Waals surface area contributed by atoms with Crippen LogP contribution in [0.5, 0.6) is 0 Å². The van der Waals surface area contributed by atoms with Crippen LogP contribution in [0.1, 0.15) is 12.5 Å². The van der Waals surface area contributed by atoms with Crippen LogP contribution in [0.25, 0.3) is 10.9 Å². The molecule has 2 aromatic rings. The maximum Gasteiger partial charge on any atom is 0.318 e. The largest absolute Gasteiger partial charge is 0.480 e. The van der Waals surface area contributed by atoms with Gasteiger partial charge in [-0.1, -0.05) is 18.2 Å². The highest BCUT2D eigenvalue weighted by molar-refractivity contribution is 8.00. The lowest BCUT2D eigenvalue weighted by Crippen LogP contribution is -2.45. The number of H-pyrrole nitrogens is 1. The summed E-state index contributed by atoms with van der Waals surface area (Å²) in [6.07, 6.45) is 4.09. The number of para-hydroxylation sites is 1. The lowest BCUT2D eigenvalue weighted by Gasteiger charge is -2.23. The molecule has 112 valence electrons. The molecule has 0 saturated heterocycles. The number of rotatable bonds is 6. The van der Waals surface area contributed by atoms with Gasteiger partial charge in [-0.25, -0.2) is 0 Å². The molecule has 0 spiro atoms. The Kier molecular flexibility index (Phi) is 4.90. The molecule has 6 heteroatoms. The number of aromatic nitrogens is 1. The summed E-state index contributed by atoms with van der Waals surface area (Å²) in [4.78, 5) is 25.9. The van der Waals surface area contributed by atoms with E-state index in [2.05, 4.69) is 10.3 Å². The van der Waals surface area contributed by atoms with Crippen LogP contribution in [0.2, 0.25) is 0 Å². The molecular weight excluding hydrogens is 288 g/mol. The minimum atomic E-state index is -0.916. The van der Waals surface area contributed by atoms with Crippen molar-refractivity contribution < 1.29 is 14.7 Å². The van der Waals surface area contributed by atoms with E-state index in [-0.39, 0.29) is 5.91 Å². The fourth-order valence-corrected chi connectivity index (χ4v) is 3.16. The number of hydrogen-bond acceptors (Lipinski definition) is 3. The molecule has 3 N–H and O–H groups in total. The molecule has 1 heterocycles. The first-order chi connectivity index (χ1) is 10.0. The third-order valence-electron chi connectivity index (χ3n) is 3.37. The number of carbonyl (C=O) groups is 2. The standard InChI is InChI=1S/C15H18N2O3S/c1-9(18)17-13(14(21-2)15(19)20)7-10-8-16-12-6-4-3-5-11(10)12/h3-6,8,13-14,16H,7H2,1-2H3,(H,17,18)(H,19,20). The van der Waals surface area contributed by atoms with E-state index in [4.69, 9.17) is 0 Å². The number of aromatic amines is 1. The molecule has 0 fully saturated rings. The minimum absolute atomic E-state index is 0.222. The van der Waals surface area contributed by atoms with Crippen molar-refractivity contribution in [3.8, 4) is 0 Å². The first kappa shape index (κ1) is 15.4. The van der Waals surface area contributed by atoms with Gasteiger partial charge in [0.15, 0.2) is 0 Å². The van der Waals surface area contributed by atoms with E-state index in [1.54, 1.807) is 6.26 Å². The van der Waals surface area contributed by atoms with Crippen LogP contribution in [0.15, 0.2) is 30.5 Å². The average Bonchev–Trinajstić information content (AvgIpc) is 2.82. The van der Waals surface area contributed by atoms with Gasteiger partial charge < -0.3 is 15.4 Å². The third kappa shape index (κ3) is 3.58. The molecule has 0 aliphatic heterocycles. The molecular formula is C15H18N2O3S. The van der Waals surface area contributed by atoms with Crippen molar-refractivity contribution in [1.29, 1.82) is 0 Å². The predicted molar refractivity (Wildman–Crippen MR) is 84.5 cm³/mol. The molecule has 1 aromatic heterocycles. The van der Waals surface area contributed by atoms with E-state index in [0.717, 1.165) is 16.5 Å². The topological polar surface area (TPSA) is 82.2 Å². The summed E-state index contributed by atoms with van der Waals surface area (Å²) in [5.41, 5.74) is 2.01. The lowest BCUT2D eigenvalue weighted by molar-refractivity contribution is -0.137. The van der Waals surface area contributed by atoms with Crippen LogP contribution < -0.4 is 5.32 Å². The predicted octanol–water partition coefficient (Wildman–Crippen LogP) is 2.03. The fourth-order valence-electron chi connectivity index (χ4n) is 2.47. The highest BCUT2D eigenvalue weighted by Gasteiger charge is 2.28. The monoisotopic (exact) mass is 306 g/mol. The van der Waals surface area contributed by atoms with E-state index in [1.165, 1.54) is 18.7 Å². The fraction of sp³-hybridized carbons (Fsp3) is 0.333. The van der Waals surface area contributed by atoms with Gasteiger partial charge in [-0.05, 0) is 24.3 Å². The van der Waals surface area contributed by atoms with Crippen molar-refractivity contribution in [1.82, 2.24) is 10.3 Å². The lowest BCUT2D eigenvalue weighted by atomic mass is 10.0. The normalized spacial score (nSPS) is 13.8. The van der Waals surface area contributed by atoms with Gasteiger partial charge in [0.05, 0.1) is 6.04 Å². The van der Waals surface area contributed by atoms with Gasteiger partial charge in [-0.15, -0.1) is 11.8 Å². The van der Waals surface area contributed by atoms with Crippen LogP contribution in [-0.4, -0.2) is 39.5 Å². The average molecular weight is 306 g/mol. The van der Waals surface area contributed by atoms with Gasteiger partial charge in [0.1, 0.15) is 5.25 Å². The zero-order valence-corrected chi connectivity index (χ0v) is 12.7. The first-order valence-electron chi connectivity index (χ1n) is 6.60. The summed E-state index contributed by atoms with van der Waals surface area (Å²) in [7, 11) is 0. The van der Waals surface area contributed by atoms with Crippen LogP contribution in [0.3, 0.4) is 0 Å². The Balaban J connectivity index is 2.29. The van der Waals surface area contributed by atoms with Crippen LogP contribution in [-0.2, 0) is 16.0 Å². The van der Waals surface area contributed by atoms with Gasteiger partial charge in [0.2, 0.25) is 5.91 Å². The number of fused-ring (bicyclic) bond motifs is 1. The molecule has 1 aromatic carbocycles. The molecule has 2 atom stereocenters. The van der Waals surface area contributed by atoms with Crippen LogP contribution >= 0.6 is 11.8 Å². The van der Waals surface area contributed by atoms with Crippen molar-refractivity contribution in [3.05, 3.63) is 36.0 Å². The Bertz CT molecular complexity index is 653. The quantitative estimate of drug-likeness (QED) is 0.762. The van der Waals surface area contributed by atoms with Crippen LogP contribution in [0.4, 0.5) is 0 Å². The highest BCUT2D eigenvalue weighted by Crippen LogP contribution is 2.22. The van der Waals surface area contributed by atoms with Gasteiger partial charge in [0.25, 0.3) is 0 Å². The van der Waals surface area contributed by atoms with E-state index < -0.39 is 17.3 Å². The number of amides is 1. The Morgan fingerprint density at radius 1 is 1.38 bits per heavy atom. The molecule has 0 bridgehead atoms. The number of aliphatic carboxylic acids is 1. The van der Waals surface area contributed by atoms with E-state index in [9.17, 15) is 14.7 Å². The summed E-state index contributed by atoms with van der Waals surface area (Å²) < 4.78 is 0. The van der Waals surface area contributed by atoms with Crippen LogP contribution in [0, 0.1) is 0 Å². The molecule has 21 heavy (non-hydrogen) atoms. The van der Waals surface area contributed by atoms with Crippen molar-refractivity contribution in [2.45, 2.75) is 24.6 Å². The Labute approximate surface area is 127 Å². The second-order valence-electron chi connectivity index (χ2n) is 4.87. The summed E-state index contributed by atoms with van der Waals surface area (Å²) in [5, 5.41) is 12.5. The number of nitrogens with one attached hydrogen (secondary N) is 2. The second-order valence-corrected chi connectivity index (χ2v) is 5.84. The van der Waals surface area contributed by atoms with Crippen molar-refractivity contribution in [2.24, 2.45) is 0 Å². The van der Waals surface area contributed by atoms with Crippen molar-refractivity contribution >= 4 is 34.5 Å². The van der Waals surface area contributed by atoms with Gasteiger partial charge in [-0.2, -0.15) is 0 Å². The minimum Gasteiger partial charge on any atom is -0.480 e. The zero-order chi connectivity index (χ0) is 15.4. The number of carbonyl (C=O) groups excluding carboxylic acids is 1. The Morgan fingerprint density at radius 3 is 2.71 bits per heavy atom. The SMILES string of the molecule is CSC(C(=O)O)C(Cc1c[nH]c2ccccc12)NC(C)=O. The smallest absolute Gasteiger partial charge is 0.318 e. The molecule has 2 unspecified atom stereocenters. The van der Waals surface area contributed by atoms with Crippen molar-refractivity contribution in [3.63, 3.8) is 0 Å². The molecule has 2 rings (SSSR count). The van der Waals surface area contributed by atoms with E-state index >= 15 is 0 Å². The summed E-state index contributed by atoms with van der Waals surface area (Å²) in [6.45, 7) is 1.40. The number of benzene rings is 1. The maximum absolute atomic E-state index is 11.4. The molecule has 0 aliphatic carbocycles. The molecule has 5 nitrogen and oxygen atoms in total. The third-order valence-corrected chi connectivity index (χ3v) is 4.40. The maximum atomic E-state index is 11.4. The highest BCUT2D eigenvalue weighted by atomic mass is 32.2. The van der Waals surface area contributed by atoms with E-state index in [0.29, 0.717) is 6.42 Å². The number of hydrogen-bond donors (Lipinski definition) is 3.